The summed E-state index contributed by atoms with van der Waals surface area (Å²) in [5.74, 6) is 0.860. The van der Waals surface area contributed by atoms with Gasteiger partial charge in [0, 0.05) is 37.7 Å². The number of hydrogen-bond acceptors (Lipinski definition) is 3. The van der Waals surface area contributed by atoms with Crippen molar-refractivity contribution in [3.8, 4) is 5.75 Å². The quantitative estimate of drug-likeness (QED) is 0.839. The molecule has 0 atom stereocenters. The highest BCUT2D eigenvalue weighted by Crippen LogP contribution is 2.26. The third kappa shape index (κ3) is 4.81. The smallest absolute Gasteiger partial charge is 0.321 e. The number of carbonyl (C=O) groups excluding carboxylic acids is 1. The summed E-state index contributed by atoms with van der Waals surface area (Å²) in [7, 11) is 1.67. The molecule has 0 aliphatic carbocycles. The van der Waals surface area contributed by atoms with Crippen LogP contribution in [0.1, 0.15) is 5.56 Å². The van der Waals surface area contributed by atoms with Crippen molar-refractivity contribution in [2.75, 3.05) is 38.6 Å². The van der Waals surface area contributed by atoms with Crippen LogP contribution in [0.4, 0.5) is 10.5 Å². The largest absolute Gasteiger partial charge is 0.497 e. The number of nitrogens with zero attached hydrogens (tertiary/aromatic N) is 2. The zero-order chi connectivity index (χ0) is 18.5. The van der Waals surface area contributed by atoms with Gasteiger partial charge in [0.2, 0.25) is 0 Å². The van der Waals surface area contributed by atoms with E-state index in [1.807, 2.05) is 18.2 Å². The molecule has 0 radical (unpaired) electrons. The topological polar surface area (TPSA) is 44.8 Å². The highest BCUT2D eigenvalue weighted by atomic mass is 35.5. The molecular formula is C19H21Cl2N3O2. The Morgan fingerprint density at radius 1 is 1.12 bits per heavy atom. The molecule has 1 aliphatic rings. The molecule has 1 N–H and O–H groups in total. The molecule has 0 bridgehead atoms. The number of anilines is 1. The van der Waals surface area contributed by atoms with E-state index >= 15 is 0 Å². The molecule has 1 aliphatic heterocycles. The average molecular weight is 394 g/mol. The van der Waals surface area contributed by atoms with Crippen LogP contribution in [0.5, 0.6) is 5.75 Å². The molecule has 0 aromatic heterocycles. The highest BCUT2D eigenvalue weighted by Gasteiger charge is 2.21. The SMILES string of the molecule is COc1cccc(CN2CCN(C(=O)Nc3cc(Cl)ccc3Cl)CC2)c1. The molecule has 138 valence electrons. The molecule has 1 saturated heterocycles. The third-order valence-electron chi connectivity index (χ3n) is 4.37. The van der Waals surface area contributed by atoms with Gasteiger partial charge in [-0.3, -0.25) is 4.90 Å². The third-order valence-corrected chi connectivity index (χ3v) is 4.93. The Hall–Kier alpha value is -1.95. The van der Waals surface area contributed by atoms with Crippen molar-refractivity contribution in [3.05, 3.63) is 58.1 Å². The van der Waals surface area contributed by atoms with Gasteiger partial charge in [-0.2, -0.15) is 0 Å². The lowest BCUT2D eigenvalue weighted by atomic mass is 10.2. The number of benzene rings is 2. The monoisotopic (exact) mass is 393 g/mol. The molecular weight excluding hydrogens is 373 g/mol. The predicted molar refractivity (Wildman–Crippen MR) is 105 cm³/mol. The molecule has 3 rings (SSSR count). The van der Waals surface area contributed by atoms with Crippen LogP contribution in [-0.4, -0.2) is 49.1 Å². The number of hydrogen-bond donors (Lipinski definition) is 1. The van der Waals surface area contributed by atoms with Crippen molar-refractivity contribution in [2.24, 2.45) is 0 Å². The average Bonchev–Trinajstić information content (AvgIpc) is 2.65. The first-order chi connectivity index (χ1) is 12.5. The van der Waals surface area contributed by atoms with E-state index in [1.165, 1.54) is 5.56 Å². The fourth-order valence-electron chi connectivity index (χ4n) is 2.93. The van der Waals surface area contributed by atoms with Crippen LogP contribution in [0.15, 0.2) is 42.5 Å². The van der Waals surface area contributed by atoms with Gasteiger partial charge in [-0.05, 0) is 35.9 Å². The summed E-state index contributed by atoms with van der Waals surface area (Å²) >= 11 is 12.1. The zero-order valence-electron chi connectivity index (χ0n) is 14.5. The first kappa shape index (κ1) is 18.8. The molecule has 1 heterocycles. The maximum Gasteiger partial charge on any atom is 0.321 e. The van der Waals surface area contributed by atoms with E-state index in [1.54, 1.807) is 30.2 Å². The Balaban J connectivity index is 1.52. The van der Waals surface area contributed by atoms with Gasteiger partial charge in [0.1, 0.15) is 5.75 Å². The van der Waals surface area contributed by atoms with Crippen LogP contribution in [-0.2, 0) is 6.54 Å². The number of nitrogens with one attached hydrogen (secondary N) is 1. The number of amides is 2. The molecule has 2 amide bonds. The van der Waals surface area contributed by atoms with Crippen LogP contribution in [0.25, 0.3) is 0 Å². The standard InChI is InChI=1S/C19H21Cl2N3O2/c1-26-16-4-2-3-14(11-16)13-23-7-9-24(10-8-23)19(25)22-18-12-15(20)5-6-17(18)21/h2-6,11-12H,7-10,13H2,1H3,(H,22,25). The number of methoxy groups -OCH3 is 1. The molecule has 1 fully saturated rings. The Labute approximate surface area is 163 Å². The summed E-state index contributed by atoms with van der Waals surface area (Å²) in [4.78, 5) is 16.6. The number of halogens is 2. The minimum atomic E-state index is -0.157. The molecule has 5 nitrogen and oxygen atoms in total. The van der Waals surface area contributed by atoms with Crippen LogP contribution in [0, 0.1) is 0 Å². The van der Waals surface area contributed by atoms with Crippen molar-refractivity contribution in [2.45, 2.75) is 6.54 Å². The predicted octanol–water partition coefficient (Wildman–Crippen LogP) is 4.35. The van der Waals surface area contributed by atoms with Crippen molar-refractivity contribution in [1.29, 1.82) is 0 Å². The normalized spacial score (nSPS) is 15.0. The maximum absolute atomic E-state index is 12.5. The van der Waals surface area contributed by atoms with E-state index in [0.717, 1.165) is 25.4 Å². The Kier molecular flexibility index (Phi) is 6.25. The van der Waals surface area contributed by atoms with Crippen LogP contribution in [0.3, 0.4) is 0 Å². The minimum Gasteiger partial charge on any atom is -0.497 e. The fraction of sp³-hybridized carbons (Fsp3) is 0.316. The van der Waals surface area contributed by atoms with Gasteiger partial charge in [-0.1, -0.05) is 35.3 Å². The fourth-order valence-corrected chi connectivity index (χ4v) is 3.26. The zero-order valence-corrected chi connectivity index (χ0v) is 16.1. The van der Waals surface area contributed by atoms with Crippen LogP contribution >= 0.6 is 23.2 Å². The second-order valence-electron chi connectivity index (χ2n) is 6.17. The first-order valence-electron chi connectivity index (χ1n) is 8.41. The van der Waals surface area contributed by atoms with E-state index < -0.39 is 0 Å². The van der Waals surface area contributed by atoms with Crippen molar-refractivity contribution < 1.29 is 9.53 Å². The van der Waals surface area contributed by atoms with Crippen LogP contribution < -0.4 is 10.1 Å². The molecule has 0 spiro atoms. The second kappa shape index (κ2) is 8.62. The lowest BCUT2D eigenvalue weighted by Crippen LogP contribution is -2.49. The maximum atomic E-state index is 12.5. The van der Waals surface area contributed by atoms with Crippen LogP contribution in [0.2, 0.25) is 10.0 Å². The summed E-state index contributed by atoms with van der Waals surface area (Å²) in [6, 6.07) is 12.9. The van der Waals surface area contributed by atoms with E-state index in [9.17, 15) is 4.79 Å². The van der Waals surface area contributed by atoms with Gasteiger partial charge in [0.05, 0.1) is 17.8 Å². The summed E-state index contributed by atoms with van der Waals surface area (Å²) < 4.78 is 5.27. The summed E-state index contributed by atoms with van der Waals surface area (Å²) in [6.07, 6.45) is 0. The Bertz CT molecular complexity index is 777. The molecule has 0 unspecified atom stereocenters. The van der Waals surface area contributed by atoms with E-state index in [0.29, 0.717) is 28.8 Å². The molecule has 7 heteroatoms. The second-order valence-corrected chi connectivity index (χ2v) is 7.01. The van der Waals surface area contributed by atoms with Gasteiger partial charge in [-0.15, -0.1) is 0 Å². The van der Waals surface area contributed by atoms with Crippen molar-refractivity contribution in [1.82, 2.24) is 9.80 Å². The molecule has 26 heavy (non-hydrogen) atoms. The number of piperazine rings is 1. The van der Waals surface area contributed by atoms with Gasteiger partial charge >= 0.3 is 6.03 Å². The van der Waals surface area contributed by atoms with E-state index in [4.69, 9.17) is 27.9 Å². The van der Waals surface area contributed by atoms with E-state index in [-0.39, 0.29) is 6.03 Å². The molecule has 2 aromatic rings. The van der Waals surface area contributed by atoms with Gasteiger partial charge in [0.25, 0.3) is 0 Å². The van der Waals surface area contributed by atoms with Gasteiger partial charge in [-0.25, -0.2) is 4.79 Å². The van der Waals surface area contributed by atoms with Crippen molar-refractivity contribution >= 4 is 34.9 Å². The first-order valence-corrected chi connectivity index (χ1v) is 9.17. The number of ether oxygens (including phenoxy) is 1. The van der Waals surface area contributed by atoms with E-state index in [2.05, 4.69) is 16.3 Å². The Morgan fingerprint density at radius 2 is 1.88 bits per heavy atom. The van der Waals surface area contributed by atoms with Gasteiger partial charge in [0.15, 0.2) is 0 Å². The minimum absolute atomic E-state index is 0.157. The lowest BCUT2D eigenvalue weighted by Gasteiger charge is -2.34. The number of rotatable bonds is 4. The lowest BCUT2D eigenvalue weighted by molar-refractivity contribution is 0.143. The van der Waals surface area contributed by atoms with Gasteiger partial charge < -0.3 is 15.0 Å². The highest BCUT2D eigenvalue weighted by molar-refractivity contribution is 6.35. The molecule has 2 aromatic carbocycles. The summed E-state index contributed by atoms with van der Waals surface area (Å²) in [5.41, 5.74) is 1.73. The number of urea groups is 1. The Morgan fingerprint density at radius 3 is 2.62 bits per heavy atom. The summed E-state index contributed by atoms with van der Waals surface area (Å²) in [6.45, 7) is 3.79. The molecule has 0 saturated carbocycles. The number of carbonyl (C=O) groups is 1. The van der Waals surface area contributed by atoms with Crippen molar-refractivity contribution in [3.63, 3.8) is 0 Å². The summed E-state index contributed by atoms with van der Waals surface area (Å²) in [5, 5.41) is 3.84.